The summed E-state index contributed by atoms with van der Waals surface area (Å²) in [6.07, 6.45) is 0.724. The monoisotopic (exact) mass is 201 g/mol. The van der Waals surface area contributed by atoms with Crippen molar-refractivity contribution in [2.24, 2.45) is 0 Å². The number of nitrogens with zero attached hydrogens (tertiary/aromatic N) is 1. The molecule has 0 spiro atoms. The quantitative estimate of drug-likeness (QED) is 0.546. The fourth-order valence-electron chi connectivity index (χ4n) is 1.04. The first kappa shape index (κ1) is 13.0. The van der Waals surface area contributed by atoms with E-state index in [1.807, 2.05) is 20.8 Å². The van der Waals surface area contributed by atoms with E-state index < -0.39 is 6.09 Å². The first-order valence-corrected chi connectivity index (χ1v) is 4.59. The summed E-state index contributed by atoms with van der Waals surface area (Å²) >= 11 is 0. The maximum atomic E-state index is 10.9. The SMILES string of the molecule is C=CCOCCN(C(=O)O)C(C)(C)C. The van der Waals surface area contributed by atoms with Crippen LogP contribution in [0.15, 0.2) is 12.7 Å². The summed E-state index contributed by atoms with van der Waals surface area (Å²) in [5.41, 5.74) is -0.386. The van der Waals surface area contributed by atoms with E-state index in [-0.39, 0.29) is 5.54 Å². The van der Waals surface area contributed by atoms with Crippen LogP contribution in [0.1, 0.15) is 20.8 Å². The molecule has 4 nitrogen and oxygen atoms in total. The second-order valence-corrected chi connectivity index (χ2v) is 3.97. The average Bonchev–Trinajstić information content (AvgIpc) is 2.01. The van der Waals surface area contributed by atoms with Crippen LogP contribution in [-0.4, -0.2) is 41.4 Å². The highest BCUT2D eigenvalue weighted by Crippen LogP contribution is 2.12. The van der Waals surface area contributed by atoms with Crippen molar-refractivity contribution in [2.45, 2.75) is 26.3 Å². The molecule has 0 aromatic rings. The lowest BCUT2D eigenvalue weighted by atomic mass is 10.1. The molecule has 0 aromatic heterocycles. The van der Waals surface area contributed by atoms with E-state index in [4.69, 9.17) is 9.84 Å². The summed E-state index contributed by atoms with van der Waals surface area (Å²) in [5, 5.41) is 8.92. The van der Waals surface area contributed by atoms with Crippen molar-refractivity contribution in [2.75, 3.05) is 19.8 Å². The Morgan fingerprint density at radius 3 is 2.50 bits per heavy atom. The molecule has 0 radical (unpaired) electrons. The highest BCUT2D eigenvalue weighted by Gasteiger charge is 2.25. The minimum absolute atomic E-state index is 0.382. The minimum atomic E-state index is -0.917. The summed E-state index contributed by atoms with van der Waals surface area (Å²) in [5.74, 6) is 0. The van der Waals surface area contributed by atoms with E-state index in [9.17, 15) is 4.79 Å². The third-order valence-electron chi connectivity index (χ3n) is 1.74. The first-order chi connectivity index (χ1) is 6.39. The highest BCUT2D eigenvalue weighted by molar-refractivity contribution is 5.65. The van der Waals surface area contributed by atoms with Gasteiger partial charge in [-0.2, -0.15) is 0 Å². The van der Waals surface area contributed by atoms with Gasteiger partial charge < -0.3 is 14.7 Å². The Morgan fingerprint density at radius 2 is 2.14 bits per heavy atom. The number of amides is 1. The Morgan fingerprint density at radius 1 is 1.57 bits per heavy atom. The van der Waals surface area contributed by atoms with E-state index in [0.717, 1.165) is 0 Å². The number of hydrogen-bond donors (Lipinski definition) is 1. The molecule has 4 heteroatoms. The molecule has 0 aliphatic rings. The zero-order valence-corrected chi connectivity index (χ0v) is 9.12. The third kappa shape index (κ3) is 4.87. The molecule has 0 aliphatic heterocycles. The van der Waals surface area contributed by atoms with Crippen molar-refractivity contribution in [3.05, 3.63) is 12.7 Å². The first-order valence-electron chi connectivity index (χ1n) is 4.59. The summed E-state index contributed by atoms with van der Waals surface area (Å²) < 4.78 is 5.14. The van der Waals surface area contributed by atoms with Crippen LogP contribution in [0, 0.1) is 0 Å². The predicted molar refractivity (Wildman–Crippen MR) is 55.5 cm³/mol. The largest absolute Gasteiger partial charge is 0.465 e. The lowest BCUT2D eigenvalue weighted by Gasteiger charge is -2.32. The summed E-state index contributed by atoms with van der Waals surface area (Å²) in [7, 11) is 0. The molecule has 0 aliphatic carbocycles. The zero-order valence-electron chi connectivity index (χ0n) is 9.12. The second-order valence-electron chi connectivity index (χ2n) is 3.97. The summed E-state index contributed by atoms with van der Waals surface area (Å²) in [6.45, 7) is 10.3. The summed E-state index contributed by atoms with van der Waals surface area (Å²) in [6, 6.07) is 0. The fraction of sp³-hybridized carbons (Fsp3) is 0.700. The van der Waals surface area contributed by atoms with Crippen molar-refractivity contribution in [3.8, 4) is 0 Å². The Balaban J connectivity index is 3.99. The maximum absolute atomic E-state index is 10.9. The Hall–Kier alpha value is -1.03. The van der Waals surface area contributed by atoms with E-state index in [1.54, 1.807) is 6.08 Å². The van der Waals surface area contributed by atoms with Crippen LogP contribution < -0.4 is 0 Å². The average molecular weight is 201 g/mol. The van der Waals surface area contributed by atoms with Gasteiger partial charge in [0.05, 0.1) is 13.2 Å². The molecule has 0 saturated carbocycles. The van der Waals surface area contributed by atoms with Crippen molar-refractivity contribution in [1.82, 2.24) is 4.90 Å². The lowest BCUT2D eigenvalue weighted by Crippen LogP contribution is -2.46. The van der Waals surface area contributed by atoms with Gasteiger partial charge in [0.2, 0.25) is 0 Å². The van der Waals surface area contributed by atoms with Gasteiger partial charge in [-0.15, -0.1) is 6.58 Å². The maximum Gasteiger partial charge on any atom is 0.407 e. The molecular weight excluding hydrogens is 182 g/mol. The van der Waals surface area contributed by atoms with Crippen LogP contribution in [0.25, 0.3) is 0 Å². The normalized spacial score (nSPS) is 11.1. The van der Waals surface area contributed by atoms with E-state index in [2.05, 4.69) is 6.58 Å². The van der Waals surface area contributed by atoms with Gasteiger partial charge >= 0.3 is 6.09 Å². The van der Waals surface area contributed by atoms with Gasteiger partial charge in [0, 0.05) is 12.1 Å². The van der Waals surface area contributed by atoms with Crippen molar-refractivity contribution in [1.29, 1.82) is 0 Å². The molecule has 0 atom stereocenters. The van der Waals surface area contributed by atoms with Crippen molar-refractivity contribution >= 4 is 6.09 Å². The second kappa shape index (κ2) is 5.65. The molecule has 82 valence electrons. The van der Waals surface area contributed by atoms with Gasteiger partial charge in [0.1, 0.15) is 0 Å². The number of rotatable bonds is 5. The van der Waals surface area contributed by atoms with Gasteiger partial charge in [-0.1, -0.05) is 6.08 Å². The molecule has 0 unspecified atom stereocenters. The molecule has 0 saturated heterocycles. The van der Waals surface area contributed by atoms with Crippen LogP contribution in [-0.2, 0) is 4.74 Å². The molecule has 1 amide bonds. The van der Waals surface area contributed by atoms with Gasteiger partial charge in [0.15, 0.2) is 0 Å². The summed E-state index contributed by atoms with van der Waals surface area (Å²) in [4.78, 5) is 12.2. The third-order valence-corrected chi connectivity index (χ3v) is 1.74. The molecule has 1 N–H and O–H groups in total. The molecule has 0 bridgehead atoms. The molecule has 0 aromatic carbocycles. The van der Waals surface area contributed by atoms with Crippen LogP contribution in [0.5, 0.6) is 0 Å². The Bertz CT molecular complexity index is 196. The molecular formula is C10H19NO3. The zero-order chi connectivity index (χ0) is 11.2. The van der Waals surface area contributed by atoms with E-state index in [0.29, 0.717) is 19.8 Å². The number of ether oxygens (including phenoxy) is 1. The van der Waals surface area contributed by atoms with Crippen LogP contribution in [0.2, 0.25) is 0 Å². The molecule has 14 heavy (non-hydrogen) atoms. The van der Waals surface area contributed by atoms with E-state index in [1.165, 1.54) is 4.90 Å². The molecule has 0 fully saturated rings. The number of carboxylic acid groups (broad SMARTS) is 1. The Kier molecular flexibility index (Phi) is 5.23. The minimum Gasteiger partial charge on any atom is -0.465 e. The standard InChI is InChI=1S/C10H19NO3/c1-5-7-14-8-6-11(9(12)13)10(2,3)4/h5H,1,6-8H2,2-4H3,(H,12,13). The van der Waals surface area contributed by atoms with Crippen molar-refractivity contribution in [3.63, 3.8) is 0 Å². The number of carbonyl (C=O) groups is 1. The molecule has 0 heterocycles. The Labute approximate surface area is 85.2 Å². The molecule has 0 rings (SSSR count). The number of hydrogen-bond acceptors (Lipinski definition) is 2. The van der Waals surface area contributed by atoms with Gasteiger partial charge in [-0.25, -0.2) is 4.79 Å². The van der Waals surface area contributed by atoms with Crippen LogP contribution >= 0.6 is 0 Å². The van der Waals surface area contributed by atoms with E-state index >= 15 is 0 Å². The van der Waals surface area contributed by atoms with Gasteiger partial charge in [-0.3, -0.25) is 0 Å². The van der Waals surface area contributed by atoms with Crippen LogP contribution in [0.3, 0.4) is 0 Å². The predicted octanol–water partition coefficient (Wildman–Crippen LogP) is 1.97. The fourth-order valence-corrected chi connectivity index (χ4v) is 1.04. The lowest BCUT2D eigenvalue weighted by molar-refractivity contribution is 0.0686. The van der Waals surface area contributed by atoms with Crippen molar-refractivity contribution < 1.29 is 14.6 Å². The van der Waals surface area contributed by atoms with Gasteiger partial charge in [-0.05, 0) is 20.8 Å². The van der Waals surface area contributed by atoms with Gasteiger partial charge in [0.25, 0.3) is 0 Å². The smallest absolute Gasteiger partial charge is 0.407 e. The van der Waals surface area contributed by atoms with Crippen LogP contribution in [0.4, 0.5) is 4.79 Å². The topological polar surface area (TPSA) is 49.8 Å². The highest BCUT2D eigenvalue weighted by atomic mass is 16.5.